The molecule has 2 saturated heterocycles. The maximum Gasteiger partial charge on any atom is 0.305 e. The number of hydrogen-bond donors (Lipinski definition) is 0. The topological polar surface area (TPSA) is 99.2 Å². The Morgan fingerprint density at radius 1 is 1.14 bits per heavy atom. The molecule has 0 unspecified atom stereocenters. The monoisotopic (exact) mass is 389 g/mol. The van der Waals surface area contributed by atoms with Gasteiger partial charge in [-0.25, -0.2) is 0 Å². The van der Waals surface area contributed by atoms with Crippen LogP contribution in [-0.4, -0.2) is 52.7 Å². The summed E-state index contributed by atoms with van der Waals surface area (Å²) in [7, 11) is 0. The van der Waals surface area contributed by atoms with Crippen molar-refractivity contribution in [3.8, 4) is 0 Å². The van der Waals surface area contributed by atoms with E-state index < -0.39 is 41.8 Å². The van der Waals surface area contributed by atoms with Gasteiger partial charge >= 0.3 is 11.9 Å². The lowest BCUT2D eigenvalue weighted by Crippen LogP contribution is -2.53. The van der Waals surface area contributed by atoms with Gasteiger partial charge in [-0.05, 0) is 37.2 Å². The van der Waals surface area contributed by atoms with Gasteiger partial charge in [0.25, 0.3) is 6.29 Å². The van der Waals surface area contributed by atoms with E-state index in [1.807, 2.05) is 0 Å². The predicted octanol–water partition coefficient (Wildman–Crippen LogP) is 0.936. The van der Waals surface area contributed by atoms with Gasteiger partial charge in [-0.15, -0.1) is 0 Å². The number of carbonyl (C=O) groups excluding carboxylic acids is 4. The van der Waals surface area contributed by atoms with E-state index in [0.717, 1.165) is 19.3 Å². The summed E-state index contributed by atoms with van der Waals surface area (Å²) in [6.07, 6.45) is 5.49. The van der Waals surface area contributed by atoms with Gasteiger partial charge in [-0.3, -0.25) is 24.1 Å². The molecule has 150 valence electrons. The zero-order valence-electron chi connectivity index (χ0n) is 15.8. The highest BCUT2D eigenvalue weighted by atomic mass is 16.7. The fourth-order valence-corrected chi connectivity index (χ4v) is 6.09. The summed E-state index contributed by atoms with van der Waals surface area (Å²) < 4.78 is 16.4. The second-order valence-corrected chi connectivity index (χ2v) is 8.64. The molecule has 28 heavy (non-hydrogen) atoms. The molecular formula is C20H23NO7. The molecule has 0 spiro atoms. The molecule has 3 aliphatic heterocycles. The van der Waals surface area contributed by atoms with Crippen LogP contribution in [-0.2, 0) is 33.4 Å². The van der Waals surface area contributed by atoms with Crippen LogP contribution in [0.5, 0.6) is 0 Å². The summed E-state index contributed by atoms with van der Waals surface area (Å²) in [6, 6.07) is -0.0540. The lowest BCUT2D eigenvalue weighted by Gasteiger charge is -2.36. The average molecular weight is 389 g/mol. The van der Waals surface area contributed by atoms with Crippen LogP contribution in [0.15, 0.2) is 12.2 Å². The largest absolute Gasteiger partial charge is 0.422 e. The second-order valence-electron chi connectivity index (χ2n) is 8.64. The molecule has 0 radical (unpaired) electrons. The molecule has 2 saturated carbocycles. The number of hydrogen-bond acceptors (Lipinski definition) is 7. The number of carbonyl (C=O) groups is 4. The Hall–Kier alpha value is -2.22. The van der Waals surface area contributed by atoms with Crippen molar-refractivity contribution in [2.24, 2.45) is 23.7 Å². The Balaban J connectivity index is 1.49. The molecule has 8 nitrogen and oxygen atoms in total. The highest BCUT2D eigenvalue weighted by molar-refractivity contribution is 6.07. The lowest BCUT2D eigenvalue weighted by atomic mass is 9.76. The zero-order valence-corrected chi connectivity index (χ0v) is 15.8. The normalized spacial score (nSPS) is 42.6. The number of rotatable bonds is 4. The van der Waals surface area contributed by atoms with Gasteiger partial charge in [0.15, 0.2) is 5.60 Å². The molecule has 2 aliphatic carbocycles. The summed E-state index contributed by atoms with van der Waals surface area (Å²) in [4.78, 5) is 51.3. The lowest BCUT2D eigenvalue weighted by molar-refractivity contribution is -0.227. The van der Waals surface area contributed by atoms with Crippen molar-refractivity contribution in [2.45, 2.75) is 63.6 Å². The molecule has 8 heteroatoms. The van der Waals surface area contributed by atoms with Crippen molar-refractivity contribution in [1.82, 2.24) is 4.90 Å². The van der Waals surface area contributed by atoms with E-state index in [1.54, 1.807) is 12.2 Å². The van der Waals surface area contributed by atoms with Gasteiger partial charge in [0.1, 0.15) is 0 Å². The van der Waals surface area contributed by atoms with Crippen LogP contribution >= 0.6 is 0 Å². The summed E-state index contributed by atoms with van der Waals surface area (Å²) in [6.45, 7) is 2.39. The molecule has 4 fully saturated rings. The third-order valence-corrected chi connectivity index (χ3v) is 7.06. The first-order valence-corrected chi connectivity index (χ1v) is 9.90. The first kappa shape index (κ1) is 17.8. The Morgan fingerprint density at radius 3 is 2.43 bits per heavy atom. The smallest absolute Gasteiger partial charge is 0.305 e. The molecule has 0 aromatic rings. The van der Waals surface area contributed by atoms with Gasteiger partial charge in [-0.2, -0.15) is 0 Å². The van der Waals surface area contributed by atoms with Crippen LogP contribution in [0.1, 0.15) is 39.5 Å². The van der Waals surface area contributed by atoms with Crippen LogP contribution in [0.2, 0.25) is 0 Å². The van der Waals surface area contributed by atoms with Crippen LogP contribution in [0.4, 0.5) is 0 Å². The minimum atomic E-state index is -1.45. The Kier molecular flexibility index (Phi) is 3.75. The quantitative estimate of drug-likeness (QED) is 0.305. The standard InChI is InChI=1S/C20H23NO7/c1-9(22)26-19(27-10(2)23)20-6-5-14(28-20)15-16(20)18(25)21(17(15)24)13-8-11-3-4-12(13)7-11/h5-6,11-16,19H,3-4,7-8H2,1-2H3/t11-,12-,13-,14+,15-,16+,20-/m0/s1. The van der Waals surface area contributed by atoms with Gasteiger partial charge < -0.3 is 14.2 Å². The van der Waals surface area contributed by atoms with E-state index in [1.165, 1.54) is 25.2 Å². The number of imide groups is 1. The zero-order chi connectivity index (χ0) is 19.8. The highest BCUT2D eigenvalue weighted by Crippen LogP contribution is 2.56. The molecular weight excluding hydrogens is 366 g/mol. The Morgan fingerprint density at radius 2 is 1.86 bits per heavy atom. The summed E-state index contributed by atoms with van der Waals surface area (Å²) in [5.74, 6) is -2.39. The Labute approximate surface area is 162 Å². The molecule has 7 atom stereocenters. The fraction of sp³-hybridized carbons (Fsp3) is 0.700. The summed E-state index contributed by atoms with van der Waals surface area (Å²) in [5.41, 5.74) is -1.45. The van der Waals surface area contributed by atoms with Crippen molar-refractivity contribution >= 4 is 23.8 Å². The average Bonchev–Trinajstić information content (AvgIpc) is 3.40. The minimum Gasteiger partial charge on any atom is -0.422 e. The minimum absolute atomic E-state index is 0.0540. The first-order valence-electron chi connectivity index (χ1n) is 9.90. The van der Waals surface area contributed by atoms with E-state index in [9.17, 15) is 19.2 Å². The van der Waals surface area contributed by atoms with Crippen molar-refractivity contribution in [3.05, 3.63) is 12.2 Å². The number of fused-ring (bicyclic) bond motifs is 7. The van der Waals surface area contributed by atoms with Gasteiger partial charge in [0.2, 0.25) is 11.8 Å². The van der Waals surface area contributed by atoms with E-state index >= 15 is 0 Å². The SMILES string of the molecule is CC(=O)OC(OC(C)=O)[C@@]12C=C[C@@H](O1)[C@@H]1C(=O)N([C@H]3C[C@H]4CC[C@H]3C4)C(=O)[C@@H]12. The molecule has 5 rings (SSSR count). The van der Waals surface area contributed by atoms with E-state index in [2.05, 4.69) is 0 Å². The summed E-state index contributed by atoms with van der Waals surface area (Å²) >= 11 is 0. The third kappa shape index (κ3) is 2.27. The molecule has 3 heterocycles. The van der Waals surface area contributed by atoms with Gasteiger partial charge in [0.05, 0.1) is 17.9 Å². The van der Waals surface area contributed by atoms with E-state index in [4.69, 9.17) is 14.2 Å². The number of amides is 2. The molecule has 5 aliphatic rings. The molecule has 0 aromatic carbocycles. The second kappa shape index (κ2) is 5.89. The van der Waals surface area contributed by atoms with Crippen LogP contribution < -0.4 is 0 Å². The summed E-state index contributed by atoms with van der Waals surface area (Å²) in [5, 5.41) is 0. The van der Waals surface area contributed by atoms with Crippen LogP contribution in [0.3, 0.4) is 0 Å². The van der Waals surface area contributed by atoms with Gasteiger partial charge in [0, 0.05) is 19.9 Å². The number of ether oxygens (including phenoxy) is 3. The molecule has 2 amide bonds. The maximum atomic E-state index is 13.4. The molecule has 4 bridgehead atoms. The number of likely N-dealkylation sites (tertiary alicyclic amines) is 1. The predicted molar refractivity (Wildman–Crippen MR) is 92.1 cm³/mol. The highest BCUT2D eigenvalue weighted by Gasteiger charge is 2.73. The van der Waals surface area contributed by atoms with Crippen molar-refractivity contribution < 1.29 is 33.4 Å². The fourth-order valence-electron chi connectivity index (χ4n) is 6.09. The van der Waals surface area contributed by atoms with E-state index in [0.29, 0.717) is 11.8 Å². The van der Waals surface area contributed by atoms with Crippen molar-refractivity contribution in [1.29, 1.82) is 0 Å². The van der Waals surface area contributed by atoms with Crippen molar-refractivity contribution in [3.63, 3.8) is 0 Å². The number of esters is 2. The van der Waals surface area contributed by atoms with Gasteiger partial charge in [-0.1, -0.05) is 12.5 Å². The number of nitrogens with zero attached hydrogens (tertiary/aromatic N) is 1. The maximum absolute atomic E-state index is 13.4. The molecule has 0 aromatic heterocycles. The van der Waals surface area contributed by atoms with Crippen molar-refractivity contribution in [2.75, 3.05) is 0 Å². The molecule has 0 N–H and O–H groups in total. The van der Waals surface area contributed by atoms with Crippen LogP contribution in [0.25, 0.3) is 0 Å². The third-order valence-electron chi connectivity index (χ3n) is 7.06. The Bertz CT molecular complexity index is 790. The van der Waals surface area contributed by atoms with E-state index in [-0.39, 0.29) is 17.9 Å². The van der Waals surface area contributed by atoms with Crippen LogP contribution in [0, 0.1) is 23.7 Å². The first-order chi connectivity index (χ1) is 13.3.